The molecule has 118 valence electrons. The maximum Gasteiger partial charge on any atom is 0.249 e. The van der Waals surface area contributed by atoms with Crippen LogP contribution in [0.25, 0.3) is 0 Å². The first-order valence-corrected chi connectivity index (χ1v) is 7.47. The van der Waals surface area contributed by atoms with Crippen LogP contribution in [-0.4, -0.2) is 28.9 Å². The van der Waals surface area contributed by atoms with Gasteiger partial charge in [-0.3, -0.25) is 9.59 Å². The zero-order chi connectivity index (χ0) is 16.4. The Morgan fingerprint density at radius 2 is 2.04 bits per heavy atom. The lowest BCUT2D eigenvalue weighted by Crippen LogP contribution is -2.35. The zero-order valence-electron chi connectivity index (χ0n) is 12.8. The van der Waals surface area contributed by atoms with E-state index in [4.69, 9.17) is 5.73 Å². The van der Waals surface area contributed by atoms with E-state index in [9.17, 15) is 9.59 Å². The Labute approximate surface area is 134 Å². The summed E-state index contributed by atoms with van der Waals surface area (Å²) in [7, 11) is 0. The summed E-state index contributed by atoms with van der Waals surface area (Å²) >= 11 is 0. The van der Waals surface area contributed by atoms with E-state index in [0.717, 1.165) is 5.69 Å². The summed E-state index contributed by atoms with van der Waals surface area (Å²) in [5, 5.41) is 3.11. The molecule has 6 heteroatoms. The molecule has 0 aliphatic carbocycles. The van der Waals surface area contributed by atoms with E-state index in [-0.39, 0.29) is 18.0 Å². The van der Waals surface area contributed by atoms with Gasteiger partial charge in [-0.2, -0.15) is 0 Å². The summed E-state index contributed by atoms with van der Waals surface area (Å²) in [4.78, 5) is 29.9. The predicted molar refractivity (Wildman–Crippen MR) is 88.2 cm³/mol. The van der Waals surface area contributed by atoms with E-state index in [1.54, 1.807) is 17.0 Å². The molecule has 6 nitrogen and oxygen atoms in total. The number of hydrogen-bond donors (Lipinski definition) is 2. The first-order valence-electron chi connectivity index (χ1n) is 7.47. The third-order valence-electron chi connectivity index (χ3n) is 3.95. The van der Waals surface area contributed by atoms with Crippen molar-refractivity contribution in [2.45, 2.75) is 25.4 Å². The van der Waals surface area contributed by atoms with Gasteiger partial charge in [-0.1, -0.05) is 18.2 Å². The average Bonchev–Trinajstić information content (AvgIpc) is 2.82. The fourth-order valence-electron chi connectivity index (χ4n) is 2.86. The molecule has 0 unspecified atom stereocenters. The molecule has 0 radical (unpaired) electrons. The molecule has 1 aromatic carbocycles. The molecule has 2 aromatic rings. The van der Waals surface area contributed by atoms with Gasteiger partial charge in [0, 0.05) is 23.5 Å². The summed E-state index contributed by atoms with van der Waals surface area (Å²) in [5.74, 6) is -0.0516. The molecule has 1 fully saturated rings. The number of benzene rings is 1. The summed E-state index contributed by atoms with van der Waals surface area (Å²) in [6, 6.07) is 12.4. The van der Waals surface area contributed by atoms with Gasteiger partial charge in [-0.15, -0.1) is 0 Å². The predicted octanol–water partition coefficient (Wildman–Crippen LogP) is 1.79. The molecule has 1 aliphatic heterocycles. The van der Waals surface area contributed by atoms with Crippen LogP contribution < -0.4 is 16.0 Å². The SMILES string of the molecule is C[C@H]1C[C@@H](Nc2cc(C(N)=O)ccn2)C(=O)N1c1ccccc1. The number of pyridine rings is 1. The lowest BCUT2D eigenvalue weighted by molar-refractivity contribution is -0.117. The summed E-state index contributed by atoms with van der Waals surface area (Å²) < 4.78 is 0. The number of nitrogens with two attached hydrogens (primary N) is 1. The molecule has 23 heavy (non-hydrogen) atoms. The lowest BCUT2D eigenvalue weighted by atomic mass is 10.2. The number of hydrogen-bond acceptors (Lipinski definition) is 4. The fraction of sp³-hybridized carbons (Fsp3) is 0.235. The molecule has 1 aliphatic rings. The largest absolute Gasteiger partial charge is 0.366 e. The van der Waals surface area contributed by atoms with Crippen molar-refractivity contribution < 1.29 is 9.59 Å². The minimum Gasteiger partial charge on any atom is -0.366 e. The Morgan fingerprint density at radius 3 is 2.74 bits per heavy atom. The van der Waals surface area contributed by atoms with Crippen molar-refractivity contribution in [3.8, 4) is 0 Å². The second kappa shape index (κ2) is 6.08. The van der Waals surface area contributed by atoms with Gasteiger partial charge >= 0.3 is 0 Å². The number of carbonyl (C=O) groups is 2. The second-order valence-corrected chi connectivity index (χ2v) is 5.62. The highest BCUT2D eigenvalue weighted by Crippen LogP contribution is 2.28. The normalized spacial score (nSPS) is 20.6. The molecule has 3 N–H and O–H groups in total. The topological polar surface area (TPSA) is 88.3 Å². The summed E-state index contributed by atoms with van der Waals surface area (Å²) in [6.07, 6.45) is 2.16. The van der Waals surface area contributed by atoms with E-state index in [2.05, 4.69) is 10.3 Å². The van der Waals surface area contributed by atoms with Crippen LogP contribution in [0.4, 0.5) is 11.5 Å². The smallest absolute Gasteiger partial charge is 0.249 e. The molecular weight excluding hydrogens is 292 g/mol. The van der Waals surface area contributed by atoms with Crippen LogP contribution in [0, 0.1) is 0 Å². The first kappa shape index (κ1) is 15.0. The van der Waals surface area contributed by atoms with E-state index in [0.29, 0.717) is 17.8 Å². The number of nitrogens with zero attached hydrogens (tertiary/aromatic N) is 2. The van der Waals surface area contributed by atoms with Gasteiger partial charge in [0.15, 0.2) is 0 Å². The Morgan fingerprint density at radius 1 is 1.30 bits per heavy atom. The molecular formula is C17H18N4O2. The number of primary amides is 1. The third kappa shape index (κ3) is 3.01. The molecule has 2 heterocycles. The molecule has 0 spiro atoms. The van der Waals surface area contributed by atoms with E-state index in [1.165, 1.54) is 6.20 Å². The fourth-order valence-corrected chi connectivity index (χ4v) is 2.86. The van der Waals surface area contributed by atoms with Crippen LogP contribution in [-0.2, 0) is 4.79 Å². The van der Waals surface area contributed by atoms with Crippen LogP contribution in [0.15, 0.2) is 48.7 Å². The number of carbonyl (C=O) groups excluding carboxylic acids is 2. The van der Waals surface area contributed by atoms with Crippen molar-refractivity contribution in [3.05, 3.63) is 54.2 Å². The number of para-hydroxylation sites is 1. The zero-order valence-corrected chi connectivity index (χ0v) is 12.8. The van der Waals surface area contributed by atoms with Gasteiger partial charge < -0.3 is 16.0 Å². The summed E-state index contributed by atoms with van der Waals surface area (Å²) in [5.41, 5.74) is 6.51. The van der Waals surface area contributed by atoms with Gasteiger partial charge in [0.1, 0.15) is 11.9 Å². The van der Waals surface area contributed by atoms with Crippen molar-refractivity contribution in [1.29, 1.82) is 0 Å². The van der Waals surface area contributed by atoms with Crippen LogP contribution in [0.2, 0.25) is 0 Å². The number of aromatic nitrogens is 1. The van der Waals surface area contributed by atoms with E-state index in [1.807, 2.05) is 37.3 Å². The van der Waals surface area contributed by atoms with Crippen molar-refractivity contribution in [3.63, 3.8) is 0 Å². The quantitative estimate of drug-likeness (QED) is 0.901. The number of nitrogens with one attached hydrogen (secondary N) is 1. The van der Waals surface area contributed by atoms with Crippen molar-refractivity contribution >= 4 is 23.3 Å². The highest BCUT2D eigenvalue weighted by molar-refractivity contribution is 6.01. The van der Waals surface area contributed by atoms with Crippen LogP contribution >= 0.6 is 0 Å². The minimum absolute atomic E-state index is 0.00465. The Kier molecular flexibility index (Phi) is 3.97. The van der Waals surface area contributed by atoms with E-state index >= 15 is 0 Å². The highest BCUT2D eigenvalue weighted by Gasteiger charge is 2.38. The molecule has 3 rings (SSSR count). The van der Waals surface area contributed by atoms with E-state index < -0.39 is 5.91 Å². The molecule has 1 saturated heterocycles. The lowest BCUT2D eigenvalue weighted by Gasteiger charge is -2.21. The van der Waals surface area contributed by atoms with Gasteiger partial charge in [-0.25, -0.2) is 4.98 Å². The molecule has 0 saturated carbocycles. The van der Waals surface area contributed by atoms with Gasteiger partial charge in [0.05, 0.1) is 0 Å². The molecule has 2 atom stereocenters. The number of amides is 2. The van der Waals surface area contributed by atoms with Crippen LogP contribution in [0.1, 0.15) is 23.7 Å². The van der Waals surface area contributed by atoms with Crippen molar-refractivity contribution in [1.82, 2.24) is 4.98 Å². The molecule has 1 aromatic heterocycles. The monoisotopic (exact) mass is 310 g/mol. The number of anilines is 2. The number of rotatable bonds is 4. The maximum absolute atomic E-state index is 12.7. The minimum atomic E-state index is -0.521. The second-order valence-electron chi connectivity index (χ2n) is 5.62. The van der Waals surface area contributed by atoms with Gasteiger partial charge in [0.25, 0.3) is 0 Å². The maximum atomic E-state index is 12.7. The molecule has 0 bridgehead atoms. The summed E-state index contributed by atoms with van der Waals surface area (Å²) in [6.45, 7) is 2.01. The highest BCUT2D eigenvalue weighted by atomic mass is 16.2. The van der Waals surface area contributed by atoms with Gasteiger partial charge in [0.2, 0.25) is 11.8 Å². The standard InChI is InChI=1S/C17H18N4O2/c1-11-9-14(17(23)21(11)13-5-3-2-4-6-13)20-15-10-12(16(18)22)7-8-19-15/h2-8,10-11,14H,9H2,1H3,(H2,18,22)(H,19,20)/t11-,14+/m0/s1. The average molecular weight is 310 g/mol. The molecule has 2 amide bonds. The van der Waals surface area contributed by atoms with Crippen LogP contribution in [0.3, 0.4) is 0 Å². The third-order valence-corrected chi connectivity index (χ3v) is 3.95. The van der Waals surface area contributed by atoms with Crippen molar-refractivity contribution in [2.24, 2.45) is 5.73 Å². The Balaban J connectivity index is 1.79. The van der Waals surface area contributed by atoms with Gasteiger partial charge in [-0.05, 0) is 37.6 Å². The Bertz CT molecular complexity index is 732. The first-order chi connectivity index (χ1) is 11.1. The van der Waals surface area contributed by atoms with Crippen molar-refractivity contribution in [2.75, 3.05) is 10.2 Å². The Hall–Kier alpha value is -2.89. The van der Waals surface area contributed by atoms with Crippen LogP contribution in [0.5, 0.6) is 0 Å².